The Hall–Kier alpha value is -0.150. The molecule has 2 N–H and O–H groups in total. The number of carbonyl (C=O) groups excluding carboxylic acids is 1. The van der Waals surface area contributed by atoms with Crippen LogP contribution in [-0.2, 0) is 9.59 Å². The highest BCUT2D eigenvalue weighted by molar-refractivity contribution is 8.24. The van der Waals surface area contributed by atoms with Crippen LogP contribution in [-0.4, -0.2) is 63.3 Å². The van der Waals surface area contributed by atoms with Crippen molar-refractivity contribution in [2.45, 2.75) is 45.3 Å². The Labute approximate surface area is 179 Å². The number of thioether (sulfide) groups is 1. The number of ketones is 1. The Bertz CT molecular complexity index is 404. The van der Waals surface area contributed by atoms with Crippen LogP contribution < -0.4 is 5.32 Å². The van der Waals surface area contributed by atoms with Gasteiger partial charge in [-0.1, -0.05) is 37.8 Å². The molecule has 0 saturated heterocycles. The van der Waals surface area contributed by atoms with E-state index in [0.717, 1.165) is 0 Å². The topological polar surface area (TPSA) is 69.6 Å². The summed E-state index contributed by atoms with van der Waals surface area (Å²) in [5, 5.41) is 11.7. The molecule has 0 saturated carbocycles. The van der Waals surface area contributed by atoms with E-state index in [1.54, 1.807) is 18.7 Å². The number of carbonyl (C=O) groups is 2. The van der Waals surface area contributed by atoms with E-state index < -0.39 is 10.7 Å². The molecule has 0 aliphatic rings. The minimum Gasteiger partial charge on any atom is -0.480 e. The first-order chi connectivity index (χ1) is 10.9. The van der Waals surface area contributed by atoms with E-state index in [1.165, 1.54) is 11.8 Å². The second-order valence-electron chi connectivity index (χ2n) is 4.79. The monoisotopic (exact) mass is 450 g/mol. The van der Waals surface area contributed by atoms with Gasteiger partial charge in [0.2, 0.25) is 0 Å². The van der Waals surface area contributed by atoms with Crippen LogP contribution in [0.2, 0.25) is 0 Å². The Kier molecular flexibility index (Phi) is 34.2. The third-order valence-electron chi connectivity index (χ3n) is 2.30. The Morgan fingerprint density at radius 2 is 1.52 bits per heavy atom. The number of Topliss-reactive ketones (excluding diaryl/α,β-unsaturated/α-hetero) is 1. The number of aliphatic carboxylic acids is 1. The molecule has 5 nitrogen and oxygen atoms in total. The van der Waals surface area contributed by atoms with Gasteiger partial charge in [0.1, 0.15) is 14.9 Å². The van der Waals surface area contributed by atoms with E-state index >= 15 is 0 Å². The normalized spacial score (nSPS) is 10.2. The molecule has 0 aromatic rings. The maximum Gasteiger partial charge on any atom is 0.319 e. The molecule has 0 amide bonds. The van der Waals surface area contributed by atoms with Crippen molar-refractivity contribution in [1.29, 1.82) is 0 Å². The molecule has 0 rings (SSSR count). The molecule has 1 atom stereocenters. The van der Waals surface area contributed by atoms with Gasteiger partial charge in [-0.05, 0) is 58.8 Å². The Morgan fingerprint density at radius 3 is 1.64 bits per heavy atom. The molecular formula is C15H31ClN2O3S4. The van der Waals surface area contributed by atoms with Crippen LogP contribution in [0.15, 0.2) is 0 Å². The van der Waals surface area contributed by atoms with Crippen molar-refractivity contribution in [2.24, 2.45) is 0 Å². The van der Waals surface area contributed by atoms with E-state index in [0.29, 0.717) is 17.2 Å². The van der Waals surface area contributed by atoms with Crippen LogP contribution in [0.4, 0.5) is 0 Å². The highest BCUT2D eigenvalue weighted by Gasteiger charge is 2.33. The standard InChI is InChI=1S/C8H15NO2S2.C4H8O.C2H7N.CS2.ClH/c1-5-8(2,6(10)11)13-7(12)9(3)4;1-3-4(2)5;1-3-2;2-1-3;/h5H2,1-4H3,(H,10,11);3H2,1-2H3;3H,1-2H3;;1H. The number of thiocarbonyl (C=S) groups is 3. The van der Waals surface area contributed by atoms with Crippen molar-refractivity contribution in [3.63, 3.8) is 0 Å². The summed E-state index contributed by atoms with van der Waals surface area (Å²) in [6, 6.07) is 0. The van der Waals surface area contributed by atoms with Gasteiger partial charge in [0, 0.05) is 24.8 Å². The van der Waals surface area contributed by atoms with Crippen molar-refractivity contribution >= 4 is 81.2 Å². The second-order valence-corrected chi connectivity index (χ2v) is 7.59. The number of nitrogens with zero attached hydrogens (tertiary/aromatic N) is 1. The maximum atomic E-state index is 10.9. The number of nitrogens with one attached hydrogen (secondary N) is 1. The summed E-state index contributed by atoms with van der Waals surface area (Å²) in [5.74, 6) is -0.561. The predicted octanol–water partition coefficient (Wildman–Crippen LogP) is 4.08. The van der Waals surface area contributed by atoms with Gasteiger partial charge >= 0.3 is 5.97 Å². The van der Waals surface area contributed by atoms with E-state index in [1.807, 2.05) is 46.4 Å². The van der Waals surface area contributed by atoms with E-state index in [4.69, 9.17) is 17.3 Å². The van der Waals surface area contributed by atoms with E-state index in [2.05, 4.69) is 29.8 Å². The first-order valence-electron chi connectivity index (χ1n) is 7.14. The van der Waals surface area contributed by atoms with Crippen molar-refractivity contribution < 1.29 is 14.7 Å². The number of hydrogen-bond donors (Lipinski definition) is 2. The van der Waals surface area contributed by atoms with Gasteiger partial charge in [0.15, 0.2) is 0 Å². The summed E-state index contributed by atoms with van der Waals surface area (Å²) in [4.78, 5) is 22.5. The van der Waals surface area contributed by atoms with E-state index in [-0.39, 0.29) is 18.2 Å². The van der Waals surface area contributed by atoms with Gasteiger partial charge < -0.3 is 20.1 Å². The fourth-order valence-corrected chi connectivity index (χ4v) is 1.90. The van der Waals surface area contributed by atoms with Crippen LogP contribution in [0.5, 0.6) is 0 Å². The number of carboxylic acids is 1. The van der Waals surface area contributed by atoms with Gasteiger partial charge in [-0.15, -0.1) is 12.4 Å². The summed E-state index contributed by atoms with van der Waals surface area (Å²) in [6.07, 6.45) is 1.22. The van der Waals surface area contributed by atoms with Crippen LogP contribution in [0.1, 0.15) is 40.5 Å². The maximum absolute atomic E-state index is 10.9. The molecular weight excluding hydrogens is 420 g/mol. The molecule has 0 aromatic heterocycles. The molecule has 0 aromatic carbocycles. The summed E-state index contributed by atoms with van der Waals surface area (Å²) >= 11 is 14.2. The number of hydrogen-bond acceptors (Lipinski definition) is 7. The summed E-state index contributed by atoms with van der Waals surface area (Å²) in [7, 11) is 7.38. The molecule has 0 radical (unpaired) electrons. The lowest BCUT2D eigenvalue weighted by atomic mass is 10.1. The molecule has 150 valence electrons. The van der Waals surface area contributed by atoms with Gasteiger partial charge in [-0.3, -0.25) is 4.79 Å². The lowest BCUT2D eigenvalue weighted by Gasteiger charge is -2.25. The molecule has 0 aliphatic heterocycles. The zero-order chi connectivity index (χ0) is 20.3. The number of rotatable bonds is 4. The smallest absolute Gasteiger partial charge is 0.319 e. The lowest BCUT2D eigenvalue weighted by Crippen LogP contribution is -2.34. The van der Waals surface area contributed by atoms with Crippen LogP contribution in [0.25, 0.3) is 0 Å². The third-order valence-corrected chi connectivity index (χ3v) is 4.37. The molecule has 0 spiro atoms. The Balaban J connectivity index is -0.0000000921. The largest absolute Gasteiger partial charge is 0.480 e. The lowest BCUT2D eigenvalue weighted by molar-refractivity contribution is -0.139. The highest BCUT2D eigenvalue weighted by atomic mass is 35.5. The fourth-order valence-electron chi connectivity index (χ4n) is 0.551. The molecule has 0 fully saturated rings. The average Bonchev–Trinajstić information content (AvgIpc) is 2.48. The van der Waals surface area contributed by atoms with Gasteiger partial charge in [0.25, 0.3) is 0 Å². The zero-order valence-electron chi connectivity index (χ0n) is 16.2. The summed E-state index contributed by atoms with van der Waals surface area (Å²) in [5.41, 5.74) is 0. The number of carboxylic acid groups (broad SMARTS) is 1. The van der Waals surface area contributed by atoms with Crippen LogP contribution in [0.3, 0.4) is 0 Å². The van der Waals surface area contributed by atoms with Crippen molar-refractivity contribution in [3.8, 4) is 0 Å². The van der Waals surface area contributed by atoms with Crippen molar-refractivity contribution in [3.05, 3.63) is 0 Å². The molecule has 0 bridgehead atoms. The van der Waals surface area contributed by atoms with Crippen LogP contribution >= 0.6 is 60.8 Å². The SMILES string of the molecule is CCC(C)(SC(=S)N(C)C)C(=O)O.CCC(C)=O.CNC.Cl.S=C=S. The molecule has 1 unspecified atom stereocenters. The van der Waals surface area contributed by atoms with Gasteiger partial charge in [-0.2, -0.15) is 0 Å². The van der Waals surface area contributed by atoms with Crippen molar-refractivity contribution in [2.75, 3.05) is 28.2 Å². The second kappa shape index (κ2) is 23.9. The summed E-state index contributed by atoms with van der Waals surface area (Å²) < 4.78 is 1.72. The minimum atomic E-state index is -0.816. The Morgan fingerprint density at radius 1 is 1.24 bits per heavy atom. The quantitative estimate of drug-likeness (QED) is 0.616. The predicted molar refractivity (Wildman–Crippen MR) is 124 cm³/mol. The zero-order valence-corrected chi connectivity index (χ0v) is 20.2. The fraction of sp³-hybridized carbons (Fsp3) is 0.733. The molecule has 0 aliphatic carbocycles. The molecule has 0 heterocycles. The first-order valence-corrected chi connectivity index (χ1v) is 9.18. The highest BCUT2D eigenvalue weighted by Crippen LogP contribution is 2.30. The molecule has 10 heteroatoms. The van der Waals surface area contributed by atoms with Gasteiger partial charge in [-0.25, -0.2) is 0 Å². The van der Waals surface area contributed by atoms with Crippen LogP contribution in [0, 0.1) is 0 Å². The number of halogens is 1. The van der Waals surface area contributed by atoms with E-state index in [9.17, 15) is 9.59 Å². The first kappa shape index (κ1) is 35.9. The summed E-state index contributed by atoms with van der Waals surface area (Å²) in [6.45, 7) is 6.97. The van der Waals surface area contributed by atoms with Crippen molar-refractivity contribution in [1.82, 2.24) is 10.2 Å². The van der Waals surface area contributed by atoms with Gasteiger partial charge in [0.05, 0.1) is 0 Å². The minimum absolute atomic E-state index is 0. The average molecular weight is 451 g/mol. The molecule has 25 heavy (non-hydrogen) atoms. The third kappa shape index (κ3) is 28.9.